The third-order valence-corrected chi connectivity index (χ3v) is 6.15. The zero-order valence-corrected chi connectivity index (χ0v) is 15.6. The van der Waals surface area contributed by atoms with Crippen LogP contribution in [0.2, 0.25) is 0 Å². The van der Waals surface area contributed by atoms with Crippen LogP contribution in [-0.4, -0.2) is 53.4 Å². The number of likely N-dealkylation sites (tertiary alicyclic amines) is 2. The molecule has 6 heteroatoms. The molecule has 3 fully saturated rings. The molecule has 0 aromatic heterocycles. The normalized spacial score (nSPS) is 24.3. The Balaban J connectivity index is 1.25. The fraction of sp³-hybridized carbons (Fsp3) is 0.619. The van der Waals surface area contributed by atoms with Crippen molar-refractivity contribution in [2.24, 2.45) is 5.92 Å². The molecule has 1 aromatic rings. The van der Waals surface area contributed by atoms with Gasteiger partial charge in [-0.3, -0.25) is 9.59 Å². The highest BCUT2D eigenvalue weighted by molar-refractivity contribution is 5.84. The van der Waals surface area contributed by atoms with E-state index in [0.717, 1.165) is 12.8 Å². The second-order valence-corrected chi connectivity index (χ2v) is 7.99. The van der Waals surface area contributed by atoms with E-state index in [0.29, 0.717) is 44.1 Å². The molecule has 27 heavy (non-hydrogen) atoms. The number of piperidine rings is 1. The number of nitrogens with zero attached hydrogens (tertiary/aromatic N) is 2. The van der Waals surface area contributed by atoms with Crippen LogP contribution in [0.25, 0.3) is 0 Å². The number of hydrogen-bond donors (Lipinski definition) is 0. The van der Waals surface area contributed by atoms with Gasteiger partial charge in [0.1, 0.15) is 5.82 Å². The standard InChI is InChI=1S/C21H27FN2O3/c22-19-8-4-1-5-16(19)14-27-18-12-23(13-18)21(26)15-9-10-20(25)24(11-15)17-6-2-3-7-17/h1,4-5,8,15,17-18H,2-3,6-7,9-14H2/t15-/m1/s1. The zero-order chi connectivity index (χ0) is 18.8. The Morgan fingerprint density at radius 3 is 2.59 bits per heavy atom. The van der Waals surface area contributed by atoms with Gasteiger partial charge in [-0.2, -0.15) is 0 Å². The van der Waals surface area contributed by atoms with E-state index in [4.69, 9.17) is 4.74 Å². The largest absolute Gasteiger partial charge is 0.370 e. The van der Waals surface area contributed by atoms with Gasteiger partial charge in [0.05, 0.1) is 18.6 Å². The van der Waals surface area contributed by atoms with Gasteiger partial charge in [0, 0.05) is 37.7 Å². The molecular formula is C21H27FN2O3. The van der Waals surface area contributed by atoms with Gasteiger partial charge in [0.2, 0.25) is 11.8 Å². The number of halogens is 1. The number of rotatable bonds is 5. The average molecular weight is 374 g/mol. The van der Waals surface area contributed by atoms with Crippen molar-refractivity contribution in [2.45, 2.75) is 57.3 Å². The summed E-state index contributed by atoms with van der Waals surface area (Å²) in [5.41, 5.74) is 0.542. The lowest BCUT2D eigenvalue weighted by Crippen LogP contribution is -2.58. The van der Waals surface area contributed by atoms with Gasteiger partial charge < -0.3 is 14.5 Å². The highest BCUT2D eigenvalue weighted by atomic mass is 19.1. The summed E-state index contributed by atoms with van der Waals surface area (Å²) in [6.45, 7) is 1.91. The average Bonchev–Trinajstić information content (AvgIpc) is 3.16. The molecule has 2 heterocycles. The summed E-state index contributed by atoms with van der Waals surface area (Å²) in [7, 11) is 0. The highest BCUT2D eigenvalue weighted by Gasteiger charge is 2.40. The second-order valence-electron chi connectivity index (χ2n) is 7.99. The van der Waals surface area contributed by atoms with E-state index in [2.05, 4.69) is 0 Å². The molecule has 1 aliphatic carbocycles. The van der Waals surface area contributed by atoms with Crippen LogP contribution >= 0.6 is 0 Å². The van der Waals surface area contributed by atoms with Gasteiger partial charge >= 0.3 is 0 Å². The predicted molar refractivity (Wildman–Crippen MR) is 98.3 cm³/mol. The maximum atomic E-state index is 13.6. The maximum Gasteiger partial charge on any atom is 0.227 e. The third kappa shape index (κ3) is 4.00. The van der Waals surface area contributed by atoms with Gasteiger partial charge in [-0.15, -0.1) is 0 Å². The molecule has 146 valence electrons. The molecule has 0 N–H and O–H groups in total. The van der Waals surface area contributed by atoms with Crippen molar-refractivity contribution in [1.29, 1.82) is 0 Å². The Labute approximate surface area is 159 Å². The summed E-state index contributed by atoms with van der Waals surface area (Å²) >= 11 is 0. The minimum atomic E-state index is -0.261. The van der Waals surface area contributed by atoms with Gasteiger partial charge in [0.15, 0.2) is 0 Å². The summed E-state index contributed by atoms with van der Waals surface area (Å²) in [4.78, 5) is 28.8. The van der Waals surface area contributed by atoms with E-state index >= 15 is 0 Å². The van der Waals surface area contributed by atoms with Crippen LogP contribution in [0.5, 0.6) is 0 Å². The smallest absolute Gasteiger partial charge is 0.227 e. The van der Waals surface area contributed by atoms with Crippen LogP contribution < -0.4 is 0 Å². The Kier molecular flexibility index (Phi) is 5.43. The van der Waals surface area contributed by atoms with E-state index < -0.39 is 0 Å². The van der Waals surface area contributed by atoms with Crippen molar-refractivity contribution < 1.29 is 18.7 Å². The Hall–Kier alpha value is -1.95. The lowest BCUT2D eigenvalue weighted by molar-refractivity contribution is -0.155. The molecule has 0 unspecified atom stereocenters. The van der Waals surface area contributed by atoms with E-state index in [1.54, 1.807) is 18.2 Å². The monoisotopic (exact) mass is 374 g/mol. The molecule has 0 bridgehead atoms. The van der Waals surface area contributed by atoms with E-state index in [-0.39, 0.29) is 36.3 Å². The van der Waals surface area contributed by atoms with Crippen LogP contribution in [0.1, 0.15) is 44.1 Å². The molecule has 1 saturated carbocycles. The molecule has 5 nitrogen and oxygen atoms in total. The molecular weight excluding hydrogens is 347 g/mol. The molecule has 2 saturated heterocycles. The van der Waals surface area contributed by atoms with Crippen molar-refractivity contribution in [3.63, 3.8) is 0 Å². The summed E-state index contributed by atoms with van der Waals surface area (Å²) in [5, 5.41) is 0. The Bertz CT molecular complexity index is 698. The van der Waals surface area contributed by atoms with E-state index in [1.807, 2.05) is 9.80 Å². The highest BCUT2D eigenvalue weighted by Crippen LogP contribution is 2.30. The van der Waals surface area contributed by atoms with Crippen molar-refractivity contribution in [3.05, 3.63) is 35.6 Å². The first kappa shape index (κ1) is 18.4. The van der Waals surface area contributed by atoms with Crippen molar-refractivity contribution in [1.82, 2.24) is 9.80 Å². The van der Waals surface area contributed by atoms with Gasteiger partial charge in [-0.05, 0) is 25.3 Å². The predicted octanol–water partition coefficient (Wildman–Crippen LogP) is 2.73. The van der Waals surface area contributed by atoms with Gasteiger partial charge in [0.25, 0.3) is 0 Å². The summed E-state index contributed by atoms with van der Waals surface area (Å²) < 4.78 is 19.4. The molecule has 3 aliphatic rings. The van der Waals surface area contributed by atoms with E-state index in [1.165, 1.54) is 18.9 Å². The third-order valence-electron chi connectivity index (χ3n) is 6.15. The topological polar surface area (TPSA) is 49.9 Å². The number of ether oxygens (including phenoxy) is 1. The number of carbonyl (C=O) groups is 2. The maximum absolute atomic E-state index is 13.6. The first-order chi connectivity index (χ1) is 13.1. The van der Waals surface area contributed by atoms with Crippen LogP contribution in [0.3, 0.4) is 0 Å². The number of amides is 2. The molecule has 0 spiro atoms. The number of hydrogen-bond acceptors (Lipinski definition) is 3. The van der Waals surface area contributed by atoms with E-state index in [9.17, 15) is 14.0 Å². The fourth-order valence-electron chi connectivity index (χ4n) is 4.45. The van der Waals surface area contributed by atoms with Crippen LogP contribution in [0.4, 0.5) is 4.39 Å². The molecule has 1 aromatic carbocycles. The zero-order valence-electron chi connectivity index (χ0n) is 15.6. The van der Waals surface area contributed by atoms with Crippen LogP contribution in [0, 0.1) is 11.7 Å². The summed E-state index contributed by atoms with van der Waals surface area (Å²) in [6.07, 6.45) is 5.60. The molecule has 4 rings (SSSR count). The quantitative estimate of drug-likeness (QED) is 0.796. The summed E-state index contributed by atoms with van der Waals surface area (Å²) in [5.74, 6) is -0.00338. The molecule has 0 radical (unpaired) electrons. The van der Waals surface area contributed by atoms with Gasteiger partial charge in [-0.1, -0.05) is 31.0 Å². The Morgan fingerprint density at radius 2 is 1.85 bits per heavy atom. The van der Waals surface area contributed by atoms with Gasteiger partial charge in [-0.25, -0.2) is 4.39 Å². The molecule has 2 aliphatic heterocycles. The van der Waals surface area contributed by atoms with Crippen LogP contribution in [-0.2, 0) is 20.9 Å². The van der Waals surface area contributed by atoms with Crippen molar-refractivity contribution >= 4 is 11.8 Å². The minimum Gasteiger partial charge on any atom is -0.370 e. The first-order valence-electron chi connectivity index (χ1n) is 10.0. The Morgan fingerprint density at radius 1 is 1.11 bits per heavy atom. The molecule has 1 atom stereocenters. The first-order valence-corrected chi connectivity index (χ1v) is 10.0. The SMILES string of the molecule is O=C([C@@H]1CCC(=O)N(C2CCCC2)C1)N1CC(OCc2ccccc2F)C1. The number of benzene rings is 1. The second kappa shape index (κ2) is 7.97. The summed E-state index contributed by atoms with van der Waals surface area (Å²) in [6, 6.07) is 6.93. The lowest BCUT2D eigenvalue weighted by Gasteiger charge is -2.43. The van der Waals surface area contributed by atoms with Crippen molar-refractivity contribution in [2.75, 3.05) is 19.6 Å². The fourth-order valence-corrected chi connectivity index (χ4v) is 4.45. The number of carbonyl (C=O) groups excluding carboxylic acids is 2. The van der Waals surface area contributed by atoms with Crippen LogP contribution in [0.15, 0.2) is 24.3 Å². The minimum absolute atomic E-state index is 0.0373. The van der Waals surface area contributed by atoms with Crippen molar-refractivity contribution in [3.8, 4) is 0 Å². The lowest BCUT2D eigenvalue weighted by atomic mass is 9.93. The molecule has 2 amide bonds.